The smallest absolute Gasteiger partial charge is 0.261 e. The minimum absolute atomic E-state index is 0.117. The molecule has 0 aliphatic rings. The molecule has 0 aliphatic carbocycles. The monoisotopic (exact) mass is 380 g/mol. The maximum atomic E-state index is 13.7. The predicted octanol–water partition coefficient (Wildman–Crippen LogP) is 4.87. The molecule has 3 aromatic rings. The fourth-order valence-corrected chi connectivity index (χ4v) is 3.37. The second-order valence-corrected chi connectivity index (χ2v) is 6.96. The summed E-state index contributed by atoms with van der Waals surface area (Å²) in [6.45, 7) is 1.65. The highest BCUT2D eigenvalue weighted by molar-refractivity contribution is 9.11. The van der Waals surface area contributed by atoms with E-state index >= 15 is 0 Å². The van der Waals surface area contributed by atoms with E-state index in [4.69, 9.17) is 4.52 Å². The number of carbonyl (C=O) groups is 1. The van der Waals surface area contributed by atoms with Crippen molar-refractivity contribution < 1.29 is 13.7 Å². The van der Waals surface area contributed by atoms with Gasteiger partial charge in [-0.05, 0) is 47.1 Å². The van der Waals surface area contributed by atoms with E-state index in [9.17, 15) is 9.18 Å². The molecule has 112 valence electrons. The Kier molecular flexibility index (Phi) is 4.08. The molecule has 0 atom stereocenters. The highest BCUT2D eigenvalue weighted by Crippen LogP contribution is 2.34. The zero-order chi connectivity index (χ0) is 15.7. The number of hydrogen-bond donors (Lipinski definition) is 1. The van der Waals surface area contributed by atoms with Gasteiger partial charge in [-0.2, -0.15) is 0 Å². The van der Waals surface area contributed by atoms with E-state index < -0.39 is 11.7 Å². The van der Waals surface area contributed by atoms with E-state index in [1.54, 1.807) is 19.1 Å². The number of nitrogens with one attached hydrogen (secondary N) is 1. The van der Waals surface area contributed by atoms with Crippen LogP contribution in [0.25, 0.3) is 10.6 Å². The average molecular weight is 381 g/mol. The number of anilines is 1. The second kappa shape index (κ2) is 6.02. The number of thiophene rings is 1. The minimum Gasteiger partial charge on any atom is -0.360 e. The summed E-state index contributed by atoms with van der Waals surface area (Å²) in [6.07, 6.45) is 0. The van der Waals surface area contributed by atoms with Gasteiger partial charge in [0.2, 0.25) is 0 Å². The SMILES string of the molecule is Cc1onc(-c2ccc(Br)s2)c1C(=O)Nc1ccccc1F. The lowest BCUT2D eigenvalue weighted by molar-refractivity contribution is 0.102. The number of halogens is 2. The van der Waals surface area contributed by atoms with Gasteiger partial charge in [0.25, 0.3) is 5.91 Å². The molecule has 1 N–H and O–H groups in total. The van der Waals surface area contributed by atoms with Crippen molar-refractivity contribution in [3.05, 3.63) is 57.3 Å². The van der Waals surface area contributed by atoms with E-state index in [1.165, 1.54) is 23.5 Å². The molecule has 2 aromatic heterocycles. The molecule has 1 aromatic carbocycles. The predicted molar refractivity (Wildman–Crippen MR) is 86.6 cm³/mol. The van der Waals surface area contributed by atoms with Crippen LogP contribution in [0.3, 0.4) is 0 Å². The van der Waals surface area contributed by atoms with Gasteiger partial charge < -0.3 is 9.84 Å². The summed E-state index contributed by atoms with van der Waals surface area (Å²) < 4.78 is 19.7. The van der Waals surface area contributed by atoms with E-state index in [2.05, 4.69) is 26.4 Å². The first-order valence-electron chi connectivity index (χ1n) is 6.34. The van der Waals surface area contributed by atoms with Gasteiger partial charge in [0, 0.05) is 0 Å². The molecule has 3 rings (SSSR count). The van der Waals surface area contributed by atoms with E-state index in [1.807, 2.05) is 12.1 Å². The summed E-state index contributed by atoms with van der Waals surface area (Å²) in [5, 5.41) is 6.49. The van der Waals surface area contributed by atoms with Crippen LogP contribution in [0.2, 0.25) is 0 Å². The molecule has 0 unspecified atom stereocenters. The van der Waals surface area contributed by atoms with Crippen molar-refractivity contribution in [2.24, 2.45) is 0 Å². The van der Waals surface area contributed by atoms with Gasteiger partial charge in [-0.15, -0.1) is 11.3 Å². The van der Waals surface area contributed by atoms with Gasteiger partial charge in [0.05, 0.1) is 14.4 Å². The highest BCUT2D eigenvalue weighted by Gasteiger charge is 2.23. The summed E-state index contributed by atoms with van der Waals surface area (Å²) in [5.41, 5.74) is 0.867. The molecule has 4 nitrogen and oxygen atoms in total. The van der Waals surface area contributed by atoms with Crippen molar-refractivity contribution in [1.29, 1.82) is 0 Å². The number of amides is 1. The van der Waals surface area contributed by atoms with Gasteiger partial charge in [-0.25, -0.2) is 4.39 Å². The van der Waals surface area contributed by atoms with Gasteiger partial charge in [-0.1, -0.05) is 17.3 Å². The normalized spacial score (nSPS) is 10.7. The third kappa shape index (κ3) is 2.82. The number of aryl methyl sites for hydroxylation is 1. The first kappa shape index (κ1) is 14.9. The first-order chi connectivity index (χ1) is 10.6. The Morgan fingerprint density at radius 1 is 1.32 bits per heavy atom. The van der Waals surface area contributed by atoms with Crippen molar-refractivity contribution in [2.75, 3.05) is 5.32 Å². The average Bonchev–Trinajstić information content (AvgIpc) is 3.07. The molecule has 0 radical (unpaired) electrons. The molecule has 0 aliphatic heterocycles. The van der Waals surface area contributed by atoms with Crippen LogP contribution in [-0.4, -0.2) is 11.1 Å². The molecule has 22 heavy (non-hydrogen) atoms. The van der Waals surface area contributed by atoms with Crippen LogP contribution in [0.4, 0.5) is 10.1 Å². The van der Waals surface area contributed by atoms with Crippen LogP contribution in [0, 0.1) is 12.7 Å². The van der Waals surface area contributed by atoms with Crippen LogP contribution in [0.1, 0.15) is 16.1 Å². The Morgan fingerprint density at radius 3 is 2.77 bits per heavy atom. The summed E-state index contributed by atoms with van der Waals surface area (Å²) in [5.74, 6) is -0.567. The van der Waals surface area contributed by atoms with Gasteiger partial charge in [0.15, 0.2) is 0 Å². The molecule has 0 spiro atoms. The van der Waals surface area contributed by atoms with Crippen LogP contribution in [0.15, 0.2) is 44.7 Å². The summed E-state index contributed by atoms with van der Waals surface area (Å²) in [4.78, 5) is 13.3. The third-order valence-corrected chi connectivity index (χ3v) is 4.65. The lowest BCUT2D eigenvalue weighted by Crippen LogP contribution is -2.14. The Hall–Kier alpha value is -1.99. The molecule has 2 heterocycles. The number of para-hydroxylation sites is 1. The maximum absolute atomic E-state index is 13.7. The molecular formula is C15H10BrFN2O2S. The van der Waals surface area contributed by atoms with Crippen LogP contribution in [0.5, 0.6) is 0 Å². The number of carbonyl (C=O) groups excluding carboxylic acids is 1. The first-order valence-corrected chi connectivity index (χ1v) is 7.95. The summed E-state index contributed by atoms with van der Waals surface area (Å²) >= 11 is 4.81. The van der Waals surface area contributed by atoms with Crippen LogP contribution in [-0.2, 0) is 0 Å². The fourth-order valence-electron chi connectivity index (χ4n) is 2.00. The Labute approximate surface area is 138 Å². The zero-order valence-electron chi connectivity index (χ0n) is 11.4. The van der Waals surface area contributed by atoms with E-state index in [0.29, 0.717) is 17.0 Å². The van der Waals surface area contributed by atoms with Gasteiger partial charge in [-0.3, -0.25) is 4.79 Å². The largest absolute Gasteiger partial charge is 0.360 e. The maximum Gasteiger partial charge on any atom is 0.261 e. The van der Waals surface area contributed by atoms with Crippen molar-refractivity contribution >= 4 is 38.9 Å². The summed E-state index contributed by atoms with van der Waals surface area (Å²) in [7, 11) is 0. The number of benzene rings is 1. The lowest BCUT2D eigenvalue weighted by atomic mass is 10.1. The molecule has 0 saturated carbocycles. The minimum atomic E-state index is -0.495. The van der Waals surface area contributed by atoms with Crippen molar-refractivity contribution in [2.45, 2.75) is 6.92 Å². The van der Waals surface area contributed by atoms with Gasteiger partial charge in [0.1, 0.15) is 22.8 Å². The number of hydrogen-bond acceptors (Lipinski definition) is 4. The molecule has 1 amide bonds. The molecule has 0 saturated heterocycles. The highest BCUT2D eigenvalue weighted by atomic mass is 79.9. The van der Waals surface area contributed by atoms with Crippen molar-refractivity contribution in [1.82, 2.24) is 5.16 Å². The van der Waals surface area contributed by atoms with Gasteiger partial charge >= 0.3 is 0 Å². The third-order valence-electron chi connectivity index (χ3n) is 3.02. The molecule has 7 heteroatoms. The topological polar surface area (TPSA) is 55.1 Å². The van der Waals surface area contributed by atoms with E-state index in [-0.39, 0.29) is 5.69 Å². The summed E-state index contributed by atoms with van der Waals surface area (Å²) in [6, 6.07) is 9.69. The standard InChI is InChI=1S/C15H10BrFN2O2S/c1-8-13(14(19-21-8)11-6-7-12(16)22-11)15(20)18-10-5-3-2-4-9(10)17/h2-7H,1H3,(H,18,20). The number of rotatable bonds is 3. The Balaban J connectivity index is 1.96. The Morgan fingerprint density at radius 2 is 2.09 bits per heavy atom. The Bertz CT molecular complexity index is 844. The number of aromatic nitrogens is 1. The lowest BCUT2D eigenvalue weighted by Gasteiger charge is -2.06. The van der Waals surface area contributed by atoms with E-state index in [0.717, 1.165) is 8.66 Å². The zero-order valence-corrected chi connectivity index (χ0v) is 13.8. The van der Waals surface area contributed by atoms with Crippen molar-refractivity contribution in [3.8, 4) is 10.6 Å². The second-order valence-electron chi connectivity index (χ2n) is 4.50. The molecule has 0 fully saturated rings. The molecular weight excluding hydrogens is 371 g/mol. The quantitative estimate of drug-likeness (QED) is 0.705. The van der Waals surface area contributed by atoms with Crippen LogP contribution >= 0.6 is 27.3 Å². The van der Waals surface area contributed by atoms with Crippen molar-refractivity contribution in [3.63, 3.8) is 0 Å². The number of nitrogens with zero attached hydrogens (tertiary/aromatic N) is 1. The fraction of sp³-hybridized carbons (Fsp3) is 0.0667. The molecule has 0 bridgehead atoms. The van der Waals surface area contributed by atoms with Crippen LogP contribution < -0.4 is 5.32 Å².